The first kappa shape index (κ1) is 8.44. The summed E-state index contributed by atoms with van der Waals surface area (Å²) in [6.45, 7) is 0.939. The first-order chi connectivity index (χ1) is 6.31. The summed E-state index contributed by atoms with van der Waals surface area (Å²) in [6, 6.07) is 5.49. The maximum Gasteiger partial charge on any atom is 0.350 e. The van der Waals surface area contributed by atoms with Gasteiger partial charge in [-0.1, -0.05) is 6.07 Å². The van der Waals surface area contributed by atoms with E-state index in [1.807, 2.05) is 6.07 Å². The maximum absolute atomic E-state index is 11.1. The van der Waals surface area contributed by atoms with E-state index in [4.69, 9.17) is 0 Å². The molecule has 68 valence electrons. The molecule has 0 amide bonds. The molecule has 0 unspecified atom stereocenters. The number of fused-ring (bicyclic) bond motifs is 1. The second kappa shape index (κ2) is 3.30. The average molecular weight is 195 g/mol. The minimum atomic E-state index is -0.417. The highest BCUT2D eigenvalue weighted by Gasteiger charge is 2.13. The maximum atomic E-state index is 11.1. The van der Waals surface area contributed by atoms with Crippen LogP contribution in [-0.2, 0) is 10.6 Å². The summed E-state index contributed by atoms with van der Waals surface area (Å²) in [4.78, 5) is 11.1. The highest BCUT2D eigenvalue weighted by molar-refractivity contribution is 7.75. The lowest BCUT2D eigenvalue weighted by Crippen LogP contribution is -1.98. The van der Waals surface area contributed by atoms with Gasteiger partial charge in [0.15, 0.2) is 0 Å². The zero-order valence-electron chi connectivity index (χ0n) is 6.91. The topological polar surface area (TPSA) is 38.3 Å². The van der Waals surface area contributed by atoms with Crippen LogP contribution in [0.15, 0.2) is 18.2 Å². The predicted molar refractivity (Wildman–Crippen MR) is 53.0 cm³/mol. The summed E-state index contributed by atoms with van der Waals surface area (Å²) < 4.78 is 4.32. The Balaban J connectivity index is 2.36. The van der Waals surface area contributed by atoms with Crippen molar-refractivity contribution in [2.75, 3.05) is 11.9 Å². The number of carbonyl (C=O) groups is 1. The molecule has 0 fully saturated rings. The van der Waals surface area contributed by atoms with Crippen LogP contribution in [0.4, 0.5) is 5.69 Å². The van der Waals surface area contributed by atoms with Crippen LogP contribution in [0, 0.1) is 0 Å². The molecule has 1 heterocycles. The third-order valence-electron chi connectivity index (χ3n) is 2.14. The van der Waals surface area contributed by atoms with Gasteiger partial charge in [-0.3, -0.25) is 0 Å². The zero-order valence-corrected chi connectivity index (χ0v) is 7.80. The fourth-order valence-corrected chi connectivity index (χ4v) is 1.58. The van der Waals surface area contributed by atoms with Gasteiger partial charge in [0.1, 0.15) is 0 Å². The molecule has 1 aliphatic heterocycles. The van der Waals surface area contributed by atoms with Gasteiger partial charge in [0.05, 0.1) is 5.56 Å². The van der Waals surface area contributed by atoms with Gasteiger partial charge in [-0.25, -0.2) is 4.79 Å². The second-order valence-electron chi connectivity index (χ2n) is 2.93. The number of nitrogens with one attached hydrogen (secondary N) is 1. The van der Waals surface area contributed by atoms with E-state index in [-0.39, 0.29) is 0 Å². The lowest BCUT2D eigenvalue weighted by molar-refractivity contribution is 0.0772. The van der Waals surface area contributed by atoms with Crippen molar-refractivity contribution in [3.05, 3.63) is 29.3 Å². The summed E-state index contributed by atoms with van der Waals surface area (Å²) in [7, 11) is 0. The van der Waals surface area contributed by atoms with Gasteiger partial charge in [0.2, 0.25) is 0 Å². The fraction of sp³-hybridized carbons (Fsp3) is 0.222. The number of thiol groups is 1. The number of rotatable bonds is 1. The standard InChI is InChI=1S/C9H9NO2S/c11-9(12-13)7-2-1-6-3-4-10-8(6)5-7/h1-2,5,10,13H,3-4H2. The third-order valence-corrected chi connectivity index (χ3v) is 2.30. The van der Waals surface area contributed by atoms with E-state index < -0.39 is 5.97 Å². The summed E-state index contributed by atoms with van der Waals surface area (Å²) in [5.41, 5.74) is 2.80. The highest BCUT2D eigenvalue weighted by Crippen LogP contribution is 2.23. The average Bonchev–Trinajstić information content (AvgIpc) is 2.63. The molecule has 0 saturated heterocycles. The minimum Gasteiger partial charge on any atom is -0.391 e. The van der Waals surface area contributed by atoms with Gasteiger partial charge in [0.25, 0.3) is 0 Å². The molecule has 4 heteroatoms. The van der Waals surface area contributed by atoms with Crippen molar-refractivity contribution in [1.82, 2.24) is 0 Å². The van der Waals surface area contributed by atoms with E-state index in [1.54, 1.807) is 12.1 Å². The van der Waals surface area contributed by atoms with E-state index in [0.29, 0.717) is 5.56 Å². The van der Waals surface area contributed by atoms with Gasteiger partial charge >= 0.3 is 5.97 Å². The zero-order chi connectivity index (χ0) is 9.26. The normalized spacial score (nSPS) is 13.3. The molecule has 2 rings (SSSR count). The Hall–Kier alpha value is -1.16. The molecule has 0 spiro atoms. The largest absolute Gasteiger partial charge is 0.391 e. The number of carbonyl (C=O) groups excluding carboxylic acids is 1. The van der Waals surface area contributed by atoms with Crippen molar-refractivity contribution in [3.8, 4) is 0 Å². The molecule has 0 atom stereocenters. The number of hydrogen-bond acceptors (Lipinski definition) is 4. The first-order valence-corrected chi connectivity index (χ1v) is 4.40. The monoisotopic (exact) mass is 195 g/mol. The van der Waals surface area contributed by atoms with E-state index in [1.165, 1.54) is 5.56 Å². The molecule has 1 N–H and O–H groups in total. The Morgan fingerprint density at radius 3 is 3.15 bits per heavy atom. The second-order valence-corrected chi connectivity index (χ2v) is 3.11. The Morgan fingerprint density at radius 2 is 2.38 bits per heavy atom. The summed E-state index contributed by atoms with van der Waals surface area (Å²) >= 11 is 3.46. The van der Waals surface area contributed by atoms with Crippen molar-refractivity contribution >= 4 is 24.6 Å². The molecular weight excluding hydrogens is 186 g/mol. The molecule has 0 radical (unpaired) electrons. The third kappa shape index (κ3) is 1.49. The summed E-state index contributed by atoms with van der Waals surface area (Å²) in [5, 5.41) is 3.19. The van der Waals surface area contributed by atoms with Crippen LogP contribution in [0.2, 0.25) is 0 Å². The van der Waals surface area contributed by atoms with E-state index in [2.05, 4.69) is 22.4 Å². The molecule has 13 heavy (non-hydrogen) atoms. The van der Waals surface area contributed by atoms with Crippen molar-refractivity contribution in [1.29, 1.82) is 0 Å². The molecule has 3 nitrogen and oxygen atoms in total. The fourth-order valence-electron chi connectivity index (χ4n) is 1.47. The Bertz CT molecular complexity index is 351. The summed E-state index contributed by atoms with van der Waals surface area (Å²) in [5.74, 6) is -0.417. The summed E-state index contributed by atoms with van der Waals surface area (Å²) in [6.07, 6.45) is 1.02. The van der Waals surface area contributed by atoms with E-state index >= 15 is 0 Å². The minimum absolute atomic E-state index is 0.417. The first-order valence-electron chi connectivity index (χ1n) is 4.04. The highest BCUT2D eigenvalue weighted by atomic mass is 32.1. The van der Waals surface area contributed by atoms with Crippen LogP contribution >= 0.6 is 12.9 Å². The quantitative estimate of drug-likeness (QED) is 0.528. The van der Waals surface area contributed by atoms with Crippen LogP contribution < -0.4 is 5.32 Å². The van der Waals surface area contributed by atoms with Crippen molar-refractivity contribution < 1.29 is 8.98 Å². The van der Waals surface area contributed by atoms with Gasteiger partial charge < -0.3 is 9.50 Å². The molecule has 1 aromatic rings. The van der Waals surface area contributed by atoms with Crippen LogP contribution in [0.5, 0.6) is 0 Å². The van der Waals surface area contributed by atoms with Gasteiger partial charge in [-0.15, -0.1) is 0 Å². The van der Waals surface area contributed by atoms with Crippen molar-refractivity contribution in [3.63, 3.8) is 0 Å². The van der Waals surface area contributed by atoms with Crippen molar-refractivity contribution in [2.45, 2.75) is 6.42 Å². The molecule has 0 aliphatic carbocycles. The molecule has 1 aliphatic rings. The molecular formula is C9H9NO2S. The van der Waals surface area contributed by atoms with Crippen LogP contribution in [0.3, 0.4) is 0 Å². The Morgan fingerprint density at radius 1 is 1.54 bits per heavy atom. The smallest absolute Gasteiger partial charge is 0.350 e. The Kier molecular flexibility index (Phi) is 2.14. The number of benzene rings is 1. The van der Waals surface area contributed by atoms with Gasteiger partial charge in [0, 0.05) is 25.1 Å². The predicted octanol–water partition coefficient (Wildman–Crippen LogP) is 1.66. The lowest BCUT2D eigenvalue weighted by Gasteiger charge is -2.01. The van der Waals surface area contributed by atoms with Crippen LogP contribution in [0.1, 0.15) is 15.9 Å². The Labute approximate surface area is 81.7 Å². The van der Waals surface area contributed by atoms with Crippen molar-refractivity contribution in [2.24, 2.45) is 0 Å². The molecule has 1 aromatic carbocycles. The van der Waals surface area contributed by atoms with Crippen LogP contribution in [-0.4, -0.2) is 12.5 Å². The SMILES string of the molecule is O=C(OS)c1ccc2c(c1)NCC2. The van der Waals surface area contributed by atoms with Gasteiger partial charge in [-0.05, 0) is 24.1 Å². The van der Waals surface area contributed by atoms with Gasteiger partial charge in [-0.2, -0.15) is 0 Å². The van der Waals surface area contributed by atoms with E-state index in [0.717, 1.165) is 18.7 Å². The molecule has 0 bridgehead atoms. The van der Waals surface area contributed by atoms with E-state index in [9.17, 15) is 4.79 Å². The molecule has 0 saturated carbocycles. The molecule has 0 aromatic heterocycles. The lowest BCUT2D eigenvalue weighted by atomic mass is 10.1. The number of anilines is 1. The van der Waals surface area contributed by atoms with Crippen LogP contribution in [0.25, 0.3) is 0 Å². The number of hydrogen-bond donors (Lipinski definition) is 2.